The van der Waals surface area contributed by atoms with Gasteiger partial charge in [0.1, 0.15) is 17.3 Å². The minimum atomic E-state index is -0.188. The number of nitrogens with one attached hydrogen (secondary N) is 1. The van der Waals surface area contributed by atoms with Gasteiger partial charge < -0.3 is 9.73 Å². The first-order chi connectivity index (χ1) is 9.45. The van der Waals surface area contributed by atoms with E-state index in [1.807, 2.05) is 26.0 Å². The summed E-state index contributed by atoms with van der Waals surface area (Å²) in [5.74, 6) is 1.72. The lowest BCUT2D eigenvalue weighted by molar-refractivity contribution is 0.459. The third-order valence-electron chi connectivity index (χ3n) is 3.54. The van der Waals surface area contributed by atoms with Gasteiger partial charge in [0.2, 0.25) is 0 Å². The van der Waals surface area contributed by atoms with Crippen LogP contribution < -0.4 is 5.32 Å². The fourth-order valence-electron chi connectivity index (χ4n) is 2.63. The number of halogens is 1. The number of rotatable bonds is 5. The summed E-state index contributed by atoms with van der Waals surface area (Å²) in [5, 5.41) is 3.56. The van der Waals surface area contributed by atoms with Crippen LogP contribution in [0, 0.1) is 19.7 Å². The van der Waals surface area contributed by atoms with Crippen molar-refractivity contribution in [1.82, 2.24) is 5.32 Å². The third kappa shape index (κ3) is 3.70. The van der Waals surface area contributed by atoms with Gasteiger partial charge in [-0.2, -0.15) is 0 Å². The molecule has 1 aromatic heterocycles. The van der Waals surface area contributed by atoms with Crippen LogP contribution in [0.5, 0.6) is 0 Å². The van der Waals surface area contributed by atoms with Crippen LogP contribution in [-0.2, 0) is 6.42 Å². The summed E-state index contributed by atoms with van der Waals surface area (Å²) in [6.45, 7) is 8.23. The van der Waals surface area contributed by atoms with Crippen LogP contribution >= 0.6 is 0 Å². The maximum absolute atomic E-state index is 12.9. The predicted molar refractivity (Wildman–Crippen MR) is 79.3 cm³/mol. The lowest BCUT2D eigenvalue weighted by Gasteiger charge is -2.20. The number of hydrogen-bond acceptors (Lipinski definition) is 2. The molecule has 2 aromatic rings. The Hall–Kier alpha value is -1.61. The van der Waals surface area contributed by atoms with Crippen LogP contribution in [0.25, 0.3) is 0 Å². The quantitative estimate of drug-likeness (QED) is 0.879. The van der Waals surface area contributed by atoms with E-state index in [0.717, 1.165) is 23.5 Å². The normalized spacial score (nSPS) is 14.2. The van der Waals surface area contributed by atoms with Crippen LogP contribution in [-0.4, -0.2) is 6.04 Å². The first kappa shape index (κ1) is 14.8. The van der Waals surface area contributed by atoms with Crippen LogP contribution in [0.15, 0.2) is 34.7 Å². The van der Waals surface area contributed by atoms with Gasteiger partial charge in [0.15, 0.2) is 0 Å². The molecule has 1 N–H and O–H groups in total. The number of furan rings is 1. The molecule has 0 aliphatic carbocycles. The zero-order valence-corrected chi connectivity index (χ0v) is 12.5. The largest absolute Gasteiger partial charge is 0.466 e. The van der Waals surface area contributed by atoms with E-state index >= 15 is 0 Å². The third-order valence-corrected chi connectivity index (χ3v) is 3.54. The average molecular weight is 275 g/mol. The Morgan fingerprint density at radius 3 is 2.35 bits per heavy atom. The molecule has 0 bridgehead atoms. The van der Waals surface area contributed by atoms with Crippen molar-refractivity contribution < 1.29 is 8.81 Å². The van der Waals surface area contributed by atoms with Gasteiger partial charge in [0.05, 0.1) is 0 Å². The second-order valence-corrected chi connectivity index (χ2v) is 5.49. The van der Waals surface area contributed by atoms with E-state index in [-0.39, 0.29) is 11.9 Å². The van der Waals surface area contributed by atoms with Gasteiger partial charge in [-0.15, -0.1) is 0 Å². The molecule has 0 spiro atoms. The monoisotopic (exact) mass is 275 g/mol. The molecule has 0 aliphatic rings. The topological polar surface area (TPSA) is 25.2 Å². The Morgan fingerprint density at radius 2 is 1.80 bits per heavy atom. The molecule has 108 valence electrons. The molecule has 0 fully saturated rings. The van der Waals surface area contributed by atoms with E-state index in [1.54, 1.807) is 0 Å². The number of benzene rings is 1. The molecule has 0 radical (unpaired) electrons. The molecule has 2 unspecified atom stereocenters. The van der Waals surface area contributed by atoms with E-state index in [2.05, 4.69) is 25.2 Å². The van der Waals surface area contributed by atoms with E-state index < -0.39 is 0 Å². The molecule has 1 aromatic carbocycles. The van der Waals surface area contributed by atoms with Crippen molar-refractivity contribution in [2.24, 2.45) is 0 Å². The Bertz CT molecular complexity index is 559. The van der Waals surface area contributed by atoms with E-state index in [4.69, 9.17) is 4.42 Å². The first-order valence-electron chi connectivity index (χ1n) is 7.03. The summed E-state index contributed by atoms with van der Waals surface area (Å²) in [7, 11) is 0. The molecule has 0 saturated heterocycles. The first-order valence-corrected chi connectivity index (χ1v) is 7.03. The molecule has 2 nitrogen and oxygen atoms in total. The Kier molecular flexibility index (Phi) is 4.61. The lowest BCUT2D eigenvalue weighted by Crippen LogP contribution is -2.30. The highest BCUT2D eigenvalue weighted by atomic mass is 19.1. The van der Waals surface area contributed by atoms with Crippen LogP contribution in [0.3, 0.4) is 0 Å². The average Bonchev–Trinajstić information content (AvgIpc) is 2.71. The minimum absolute atomic E-state index is 0.188. The van der Waals surface area contributed by atoms with Gasteiger partial charge in [0.25, 0.3) is 0 Å². The highest BCUT2D eigenvalue weighted by Gasteiger charge is 2.15. The SMILES string of the molecule is Cc1cc(C(C)NC(C)Cc2ccc(F)cc2)c(C)o1. The second-order valence-electron chi connectivity index (χ2n) is 5.49. The summed E-state index contributed by atoms with van der Waals surface area (Å²) in [6, 6.07) is 9.33. The van der Waals surface area contributed by atoms with Crippen molar-refractivity contribution in [3.63, 3.8) is 0 Å². The molecule has 2 atom stereocenters. The van der Waals surface area contributed by atoms with Gasteiger partial charge in [-0.3, -0.25) is 0 Å². The van der Waals surface area contributed by atoms with Gasteiger partial charge in [-0.05, 0) is 57.9 Å². The van der Waals surface area contributed by atoms with Crippen molar-refractivity contribution in [3.8, 4) is 0 Å². The highest BCUT2D eigenvalue weighted by molar-refractivity contribution is 5.24. The zero-order valence-electron chi connectivity index (χ0n) is 12.5. The Balaban J connectivity index is 1.95. The van der Waals surface area contributed by atoms with E-state index in [1.165, 1.54) is 17.7 Å². The van der Waals surface area contributed by atoms with Gasteiger partial charge in [-0.25, -0.2) is 4.39 Å². The summed E-state index contributed by atoms with van der Waals surface area (Å²) in [5.41, 5.74) is 2.34. The standard InChI is InChI=1S/C17H22FNO/c1-11(9-15-5-7-16(18)8-6-15)19-13(3)17-10-12(2)20-14(17)4/h5-8,10-11,13,19H,9H2,1-4H3. The predicted octanol–water partition coefficient (Wildman–Crippen LogP) is 4.32. The molecular formula is C17H22FNO. The zero-order chi connectivity index (χ0) is 14.7. The van der Waals surface area contributed by atoms with Gasteiger partial charge in [-0.1, -0.05) is 12.1 Å². The van der Waals surface area contributed by atoms with Crippen molar-refractivity contribution in [2.45, 2.75) is 46.2 Å². The number of aryl methyl sites for hydroxylation is 2. The summed E-state index contributed by atoms with van der Waals surface area (Å²) < 4.78 is 18.4. The van der Waals surface area contributed by atoms with Gasteiger partial charge >= 0.3 is 0 Å². The molecule has 2 rings (SSSR count). The van der Waals surface area contributed by atoms with Crippen molar-refractivity contribution in [3.05, 3.63) is 58.8 Å². The second kappa shape index (κ2) is 6.23. The molecule has 3 heteroatoms. The highest BCUT2D eigenvalue weighted by Crippen LogP contribution is 2.22. The van der Waals surface area contributed by atoms with E-state index in [9.17, 15) is 4.39 Å². The van der Waals surface area contributed by atoms with Gasteiger partial charge in [0, 0.05) is 17.6 Å². The Labute approximate surface area is 120 Å². The fraction of sp³-hybridized carbons (Fsp3) is 0.412. The van der Waals surface area contributed by atoms with Crippen molar-refractivity contribution in [1.29, 1.82) is 0 Å². The molecule has 1 heterocycles. The Morgan fingerprint density at radius 1 is 1.15 bits per heavy atom. The molecule has 0 saturated carbocycles. The van der Waals surface area contributed by atoms with Crippen LogP contribution in [0.2, 0.25) is 0 Å². The smallest absolute Gasteiger partial charge is 0.123 e. The fourth-order valence-corrected chi connectivity index (χ4v) is 2.63. The lowest BCUT2D eigenvalue weighted by atomic mass is 10.0. The molecular weight excluding hydrogens is 253 g/mol. The van der Waals surface area contributed by atoms with Crippen molar-refractivity contribution >= 4 is 0 Å². The molecule has 0 amide bonds. The summed E-state index contributed by atoms with van der Waals surface area (Å²) in [6.07, 6.45) is 0.875. The molecule has 0 aliphatic heterocycles. The number of hydrogen-bond donors (Lipinski definition) is 1. The molecule has 20 heavy (non-hydrogen) atoms. The minimum Gasteiger partial charge on any atom is -0.466 e. The van der Waals surface area contributed by atoms with Crippen molar-refractivity contribution in [2.75, 3.05) is 0 Å². The van der Waals surface area contributed by atoms with Crippen LogP contribution in [0.1, 0.15) is 42.5 Å². The van der Waals surface area contributed by atoms with E-state index in [0.29, 0.717) is 6.04 Å². The maximum atomic E-state index is 12.9. The summed E-state index contributed by atoms with van der Waals surface area (Å²) in [4.78, 5) is 0. The van der Waals surface area contributed by atoms with Crippen LogP contribution in [0.4, 0.5) is 4.39 Å². The maximum Gasteiger partial charge on any atom is 0.123 e. The summed E-state index contributed by atoms with van der Waals surface area (Å²) >= 11 is 0.